The summed E-state index contributed by atoms with van der Waals surface area (Å²) in [5, 5.41) is 8.71. The summed E-state index contributed by atoms with van der Waals surface area (Å²) in [7, 11) is -2.22. The summed E-state index contributed by atoms with van der Waals surface area (Å²) in [4.78, 5) is 1.54. The van der Waals surface area contributed by atoms with Crippen molar-refractivity contribution in [1.82, 2.24) is 5.32 Å². The van der Waals surface area contributed by atoms with Gasteiger partial charge in [-0.05, 0) is 19.9 Å². The normalized spacial score (nSPS) is 15.4. The van der Waals surface area contributed by atoms with Crippen LogP contribution in [0.1, 0.15) is 18.7 Å². The van der Waals surface area contributed by atoms with Crippen molar-refractivity contribution >= 4 is 31.6 Å². The molecule has 0 aliphatic heterocycles. The highest BCUT2D eigenvalue weighted by molar-refractivity contribution is 7.89. The van der Waals surface area contributed by atoms with E-state index in [2.05, 4.69) is 5.32 Å². The van der Waals surface area contributed by atoms with Gasteiger partial charge in [0.25, 0.3) is 10.0 Å². The molecule has 2 aromatic rings. The van der Waals surface area contributed by atoms with Crippen LogP contribution in [0.4, 0.5) is 0 Å². The second kappa shape index (κ2) is 6.42. The molecule has 0 radical (unpaired) electrons. The number of fused-ring (bicyclic) bond motifs is 1. The summed E-state index contributed by atoms with van der Waals surface area (Å²) in [5.41, 5.74) is 0. The highest BCUT2D eigenvalue weighted by atomic mass is 32.2. The molecule has 9 heteroatoms. The molecule has 2 atom stereocenters. The van der Waals surface area contributed by atoms with Crippen LogP contribution in [0.2, 0.25) is 0 Å². The molecule has 0 fully saturated rings. The zero-order valence-corrected chi connectivity index (χ0v) is 13.6. The first-order valence-corrected chi connectivity index (χ1v) is 8.62. The molecule has 0 saturated heterocycles. The summed E-state index contributed by atoms with van der Waals surface area (Å²) < 4.78 is 38.1. The third-order valence-electron chi connectivity index (χ3n) is 2.81. The van der Waals surface area contributed by atoms with Gasteiger partial charge in [-0.15, -0.1) is 11.3 Å². The van der Waals surface area contributed by atoms with Crippen molar-refractivity contribution in [2.24, 2.45) is 5.14 Å². The van der Waals surface area contributed by atoms with Crippen LogP contribution in [0.15, 0.2) is 21.6 Å². The fourth-order valence-electron chi connectivity index (χ4n) is 1.73. The van der Waals surface area contributed by atoms with Gasteiger partial charge in [0, 0.05) is 30.0 Å². The molecule has 0 saturated carbocycles. The molecule has 2 heterocycles. The Morgan fingerprint density at radius 3 is 2.71 bits per heavy atom. The van der Waals surface area contributed by atoms with Crippen LogP contribution in [0.3, 0.4) is 0 Å². The standard InChI is InChI=1S/C12H18N2O5S2/c1-7(18-8(2)17-3)14-6-10-4-9-5-11(21(13,15)16)19-12(9)20-10/h4-5,7-8,14H,6H2,1-3H3,(H2,13,15,16). The van der Waals surface area contributed by atoms with Crippen molar-refractivity contribution in [3.05, 3.63) is 17.0 Å². The molecule has 2 unspecified atom stereocenters. The molecular weight excluding hydrogens is 316 g/mol. The molecule has 2 rings (SSSR count). The van der Waals surface area contributed by atoms with Crippen molar-refractivity contribution in [2.45, 2.75) is 38.0 Å². The van der Waals surface area contributed by atoms with Crippen LogP contribution >= 0.6 is 11.3 Å². The summed E-state index contributed by atoms with van der Waals surface area (Å²) in [6, 6.07) is 3.29. The Balaban J connectivity index is 1.99. The molecule has 0 aliphatic rings. The number of methoxy groups -OCH3 is 1. The van der Waals surface area contributed by atoms with Gasteiger partial charge in [-0.1, -0.05) is 0 Å². The van der Waals surface area contributed by atoms with Crippen molar-refractivity contribution < 1.29 is 22.3 Å². The lowest BCUT2D eigenvalue weighted by molar-refractivity contribution is -0.147. The first-order valence-electron chi connectivity index (χ1n) is 6.26. The zero-order chi connectivity index (χ0) is 15.6. The molecule has 2 aromatic heterocycles. The lowest BCUT2D eigenvalue weighted by Crippen LogP contribution is -2.31. The number of rotatable bonds is 7. The number of nitrogens with two attached hydrogens (primary N) is 1. The van der Waals surface area contributed by atoms with Gasteiger partial charge in [-0.25, -0.2) is 13.6 Å². The number of hydrogen-bond acceptors (Lipinski definition) is 7. The van der Waals surface area contributed by atoms with Crippen molar-refractivity contribution in [3.8, 4) is 0 Å². The molecule has 7 nitrogen and oxygen atoms in total. The average molecular weight is 334 g/mol. The molecule has 0 spiro atoms. The number of ether oxygens (including phenoxy) is 2. The number of nitrogens with one attached hydrogen (secondary N) is 1. The van der Waals surface area contributed by atoms with Crippen LogP contribution in [0, 0.1) is 0 Å². The Hall–Kier alpha value is -0.970. The Morgan fingerprint density at radius 2 is 2.14 bits per heavy atom. The Labute approximate surface area is 127 Å². The third kappa shape index (κ3) is 4.25. The Morgan fingerprint density at radius 1 is 1.43 bits per heavy atom. The van der Waals surface area contributed by atoms with Gasteiger partial charge >= 0.3 is 0 Å². The zero-order valence-electron chi connectivity index (χ0n) is 12.0. The molecule has 0 bridgehead atoms. The highest BCUT2D eigenvalue weighted by Gasteiger charge is 2.16. The number of sulfonamides is 1. The third-order valence-corrected chi connectivity index (χ3v) is 4.61. The van der Waals surface area contributed by atoms with Crippen LogP contribution < -0.4 is 10.5 Å². The molecule has 0 aromatic carbocycles. The van der Waals surface area contributed by atoms with Gasteiger partial charge in [-0.2, -0.15) is 0 Å². The smallest absolute Gasteiger partial charge is 0.271 e. The quantitative estimate of drug-likeness (QED) is 0.745. The molecule has 0 amide bonds. The van der Waals surface area contributed by atoms with Crippen LogP contribution in [0.25, 0.3) is 10.3 Å². The second-order valence-electron chi connectivity index (χ2n) is 4.53. The van der Waals surface area contributed by atoms with E-state index in [0.717, 1.165) is 10.3 Å². The minimum Gasteiger partial charge on any atom is -0.433 e. The topological polar surface area (TPSA) is 104 Å². The van der Waals surface area contributed by atoms with E-state index in [0.29, 0.717) is 11.4 Å². The number of hydrogen-bond donors (Lipinski definition) is 2. The fourth-order valence-corrected chi connectivity index (χ4v) is 3.22. The SMILES string of the molecule is COC(C)OC(C)NCc1cc2cc(S(N)(=O)=O)oc2s1. The van der Waals surface area contributed by atoms with E-state index in [-0.39, 0.29) is 17.6 Å². The van der Waals surface area contributed by atoms with E-state index in [1.165, 1.54) is 17.4 Å². The van der Waals surface area contributed by atoms with E-state index < -0.39 is 10.0 Å². The Bertz CT molecular complexity index is 675. The largest absolute Gasteiger partial charge is 0.433 e. The maximum Gasteiger partial charge on any atom is 0.271 e. The van der Waals surface area contributed by atoms with E-state index in [4.69, 9.17) is 19.0 Å². The van der Waals surface area contributed by atoms with Gasteiger partial charge in [-0.3, -0.25) is 5.32 Å². The summed E-state index contributed by atoms with van der Waals surface area (Å²) >= 11 is 1.36. The molecule has 0 aliphatic carbocycles. The maximum absolute atomic E-state index is 11.2. The van der Waals surface area contributed by atoms with E-state index in [9.17, 15) is 8.42 Å². The molecule has 118 valence electrons. The first-order chi connectivity index (χ1) is 9.79. The molecule has 3 N–H and O–H groups in total. The monoisotopic (exact) mass is 334 g/mol. The Kier molecular flexibility index (Phi) is 5.02. The van der Waals surface area contributed by atoms with Crippen molar-refractivity contribution in [3.63, 3.8) is 0 Å². The first kappa shape index (κ1) is 16.4. The highest BCUT2D eigenvalue weighted by Crippen LogP contribution is 2.30. The fraction of sp³-hybridized carbons (Fsp3) is 0.500. The lowest BCUT2D eigenvalue weighted by Gasteiger charge is -2.18. The van der Waals surface area contributed by atoms with Crippen LogP contribution in [-0.4, -0.2) is 28.0 Å². The van der Waals surface area contributed by atoms with Crippen LogP contribution in [-0.2, 0) is 26.0 Å². The van der Waals surface area contributed by atoms with Crippen molar-refractivity contribution in [2.75, 3.05) is 7.11 Å². The molecule has 21 heavy (non-hydrogen) atoms. The van der Waals surface area contributed by atoms with Gasteiger partial charge < -0.3 is 13.9 Å². The number of primary sulfonamides is 1. The van der Waals surface area contributed by atoms with E-state index in [1.54, 1.807) is 7.11 Å². The number of furan rings is 1. The summed E-state index contributed by atoms with van der Waals surface area (Å²) in [6.07, 6.45) is -0.460. The van der Waals surface area contributed by atoms with Crippen LogP contribution in [0.5, 0.6) is 0 Å². The van der Waals surface area contributed by atoms with Gasteiger partial charge in [0.15, 0.2) is 11.2 Å². The minimum atomic E-state index is -3.80. The van der Waals surface area contributed by atoms with E-state index in [1.807, 2.05) is 19.9 Å². The average Bonchev–Trinajstić information content (AvgIpc) is 2.93. The minimum absolute atomic E-state index is 0.173. The van der Waals surface area contributed by atoms with Gasteiger partial charge in [0.05, 0.1) is 0 Å². The van der Waals surface area contributed by atoms with Crippen molar-refractivity contribution in [1.29, 1.82) is 0 Å². The van der Waals surface area contributed by atoms with Gasteiger partial charge in [0.1, 0.15) is 6.23 Å². The predicted octanol–water partition coefficient (Wildman–Crippen LogP) is 1.59. The van der Waals surface area contributed by atoms with E-state index >= 15 is 0 Å². The van der Waals surface area contributed by atoms with Gasteiger partial charge in [0.2, 0.25) is 5.09 Å². The summed E-state index contributed by atoms with van der Waals surface area (Å²) in [5.74, 6) is 0. The number of thiophene rings is 1. The summed E-state index contributed by atoms with van der Waals surface area (Å²) in [6.45, 7) is 4.27. The maximum atomic E-state index is 11.2. The second-order valence-corrected chi connectivity index (χ2v) is 7.12. The molecular formula is C12H18N2O5S2. The lowest BCUT2D eigenvalue weighted by atomic mass is 10.3. The predicted molar refractivity (Wildman–Crippen MR) is 79.3 cm³/mol.